The summed E-state index contributed by atoms with van der Waals surface area (Å²) in [6.45, 7) is -1.33. The molecule has 0 bridgehead atoms. The normalized spacial score (nSPS) is 36.2. The van der Waals surface area contributed by atoms with E-state index in [1.54, 1.807) is 16.8 Å². The minimum Gasteiger partial charge on any atom is -0.386 e. The number of nitrogens with zero attached hydrogens (tertiary/aromatic N) is 8. The van der Waals surface area contributed by atoms with E-state index in [9.17, 15) is 28.8 Å². The fourth-order valence-electron chi connectivity index (χ4n) is 5.67. The lowest BCUT2D eigenvalue weighted by Gasteiger charge is -2.27. The van der Waals surface area contributed by atoms with Gasteiger partial charge in [-0.25, -0.2) is 34.0 Å². The van der Waals surface area contributed by atoms with Crippen LogP contribution >= 0.6 is 15.6 Å². The van der Waals surface area contributed by atoms with Crippen molar-refractivity contribution in [2.45, 2.75) is 49.4 Å². The average Bonchev–Trinajstić information content (AvgIpc) is 3.81. The van der Waals surface area contributed by atoms with Crippen molar-refractivity contribution >= 4 is 43.6 Å². The van der Waals surface area contributed by atoms with Crippen LogP contribution in [-0.2, 0) is 36.7 Å². The second-order valence-corrected chi connectivity index (χ2v) is 13.3. The van der Waals surface area contributed by atoms with Crippen LogP contribution in [0.3, 0.4) is 0 Å². The minimum atomic E-state index is -4.92. The SMILES string of the molecule is O=c1[nH]cnc2c1ncn2[C@H]1C[C@@H]2OP(=O)(O)OC[C@H]3O[C@@H](n4cnc5c4ncn4ccnc54)[C@H](O)[C@@H]3OP(=O)(O)OC[C@H]2O1. The molecule has 45 heavy (non-hydrogen) atoms. The van der Waals surface area contributed by atoms with Gasteiger partial charge in [0.15, 0.2) is 34.2 Å². The number of imidazole rings is 3. The summed E-state index contributed by atoms with van der Waals surface area (Å²) in [5.74, 6) is 0. The van der Waals surface area contributed by atoms with Crippen LogP contribution < -0.4 is 5.56 Å². The van der Waals surface area contributed by atoms with E-state index in [-0.39, 0.29) is 23.2 Å². The van der Waals surface area contributed by atoms with Crippen molar-refractivity contribution in [1.82, 2.24) is 43.4 Å². The molecule has 3 aliphatic rings. The first-order chi connectivity index (χ1) is 21.6. The monoisotopic (exact) mass is 667 g/mol. The van der Waals surface area contributed by atoms with Crippen LogP contribution in [0.2, 0.25) is 0 Å². The molecule has 3 fully saturated rings. The van der Waals surface area contributed by atoms with Gasteiger partial charge in [-0.05, 0) is 0 Å². The lowest BCUT2D eigenvalue weighted by molar-refractivity contribution is -0.0662. The van der Waals surface area contributed by atoms with Crippen molar-refractivity contribution in [3.8, 4) is 0 Å². The highest BCUT2D eigenvalue weighted by molar-refractivity contribution is 7.47. The van der Waals surface area contributed by atoms with E-state index in [2.05, 4.69) is 29.9 Å². The Morgan fingerprint density at radius 1 is 0.822 bits per heavy atom. The Kier molecular flexibility index (Phi) is 6.79. The molecule has 3 aliphatic heterocycles. The fourth-order valence-corrected chi connectivity index (χ4v) is 7.60. The van der Waals surface area contributed by atoms with Crippen molar-refractivity contribution in [3.63, 3.8) is 0 Å². The van der Waals surface area contributed by atoms with Gasteiger partial charge in [-0.3, -0.25) is 36.4 Å². The van der Waals surface area contributed by atoms with Gasteiger partial charge < -0.3 is 29.4 Å². The van der Waals surface area contributed by atoms with E-state index < -0.39 is 77.4 Å². The maximum absolute atomic E-state index is 13.1. The molecule has 9 atom stereocenters. The number of rotatable bonds is 2. The van der Waals surface area contributed by atoms with Crippen LogP contribution in [0.25, 0.3) is 28.0 Å². The summed E-state index contributed by atoms with van der Waals surface area (Å²) in [4.78, 5) is 56.8. The Balaban J connectivity index is 1.06. The Morgan fingerprint density at radius 2 is 1.56 bits per heavy atom. The van der Waals surface area contributed by atoms with Gasteiger partial charge in [0, 0.05) is 18.8 Å². The molecular formula is C22H23N9O12P2. The smallest absolute Gasteiger partial charge is 0.386 e. The zero-order valence-electron chi connectivity index (χ0n) is 22.6. The first kappa shape index (κ1) is 29.0. The Hall–Kier alpha value is -3.46. The van der Waals surface area contributed by atoms with Gasteiger partial charge in [0.1, 0.15) is 43.1 Å². The Bertz CT molecular complexity index is 2080. The first-order valence-corrected chi connectivity index (χ1v) is 16.4. The van der Waals surface area contributed by atoms with E-state index >= 15 is 0 Å². The number of hydrogen-bond donors (Lipinski definition) is 4. The van der Waals surface area contributed by atoms with E-state index in [4.69, 9.17) is 27.6 Å². The lowest BCUT2D eigenvalue weighted by Crippen LogP contribution is -2.37. The lowest BCUT2D eigenvalue weighted by atomic mass is 10.1. The molecule has 23 heteroatoms. The van der Waals surface area contributed by atoms with E-state index in [1.807, 2.05) is 0 Å². The predicted molar refractivity (Wildman–Crippen MR) is 144 cm³/mol. The van der Waals surface area contributed by atoms with E-state index in [0.29, 0.717) is 11.2 Å². The number of H-pyrrole nitrogens is 1. The molecule has 0 spiro atoms. The number of hydrogen-bond acceptors (Lipinski definition) is 15. The molecule has 2 unspecified atom stereocenters. The summed E-state index contributed by atoms with van der Waals surface area (Å²) < 4.78 is 63.7. The van der Waals surface area contributed by atoms with Crippen LogP contribution in [0.5, 0.6) is 0 Å². The minimum absolute atomic E-state index is 0.0336. The molecule has 0 aromatic carbocycles. The van der Waals surface area contributed by atoms with Crippen molar-refractivity contribution < 1.29 is 51.6 Å². The van der Waals surface area contributed by atoms with Gasteiger partial charge in [0.2, 0.25) is 0 Å². The number of ether oxygens (including phenoxy) is 2. The average molecular weight is 667 g/mol. The van der Waals surface area contributed by atoms with Gasteiger partial charge in [0.25, 0.3) is 5.56 Å². The third-order valence-electron chi connectivity index (χ3n) is 7.72. The first-order valence-electron chi connectivity index (χ1n) is 13.4. The quantitative estimate of drug-likeness (QED) is 0.177. The third kappa shape index (κ3) is 5.02. The number of phosphoric acid groups is 2. The summed E-state index contributed by atoms with van der Waals surface area (Å²) in [6.07, 6.45) is -0.635. The van der Waals surface area contributed by atoms with Gasteiger partial charge in [0.05, 0.1) is 32.2 Å². The summed E-state index contributed by atoms with van der Waals surface area (Å²) in [7, 11) is -9.75. The van der Waals surface area contributed by atoms with Crippen LogP contribution in [0.1, 0.15) is 18.9 Å². The summed E-state index contributed by atoms with van der Waals surface area (Å²) >= 11 is 0. The van der Waals surface area contributed by atoms with Crippen molar-refractivity contribution in [3.05, 3.63) is 48.1 Å². The number of fused-ring (bicyclic) bond motifs is 6. The summed E-state index contributed by atoms with van der Waals surface area (Å²) in [5, 5.41) is 11.2. The van der Waals surface area contributed by atoms with Gasteiger partial charge in [-0.2, -0.15) is 0 Å². The number of phosphoric ester groups is 2. The van der Waals surface area contributed by atoms with Crippen LogP contribution in [0, 0.1) is 0 Å². The molecule has 8 rings (SSSR count). The highest BCUT2D eigenvalue weighted by Crippen LogP contribution is 2.53. The molecule has 4 N–H and O–H groups in total. The molecule has 0 amide bonds. The van der Waals surface area contributed by atoms with Crippen molar-refractivity contribution in [2.75, 3.05) is 13.2 Å². The second-order valence-electron chi connectivity index (χ2n) is 10.4. The Morgan fingerprint density at radius 3 is 2.40 bits per heavy atom. The van der Waals surface area contributed by atoms with Gasteiger partial charge >= 0.3 is 15.6 Å². The van der Waals surface area contributed by atoms with Crippen LogP contribution in [0.4, 0.5) is 0 Å². The number of aliphatic hydroxyl groups excluding tert-OH is 1. The standard InChI is InChI=1S/C22H23N9O12P2/c32-16-17-12(41-22(16)31-9-26-14-18-23-1-2-29(18)7-28-19(14)31)5-39-44(34,35)42-10-3-13(40-11(10)4-38-45(36,37)43-17)30-8-27-15-20(30)24-6-25-21(15)33/h1-2,6-13,16-17,22,32H,3-5H2,(H,34,35)(H,36,37)(H,24,25,33)/t10-,11+,12+,13+,16+,17+,22+/m0/s1. The molecule has 5 aromatic rings. The number of nitrogens with one attached hydrogen (secondary N) is 1. The molecule has 0 aliphatic carbocycles. The molecule has 5 aromatic heterocycles. The van der Waals surface area contributed by atoms with E-state index in [1.165, 1.54) is 34.4 Å². The Labute approximate surface area is 249 Å². The zero-order valence-corrected chi connectivity index (χ0v) is 24.4. The number of aromatic nitrogens is 9. The molecule has 0 saturated carbocycles. The molecule has 0 radical (unpaired) electrons. The number of aromatic amines is 1. The second kappa shape index (κ2) is 10.5. The number of aliphatic hydroxyl groups is 1. The van der Waals surface area contributed by atoms with E-state index in [0.717, 1.165) is 0 Å². The maximum Gasteiger partial charge on any atom is 0.472 e. The highest BCUT2D eigenvalue weighted by atomic mass is 31.2. The molecule has 21 nitrogen and oxygen atoms in total. The molecule has 8 heterocycles. The summed E-state index contributed by atoms with van der Waals surface area (Å²) in [5.41, 5.74) is 0.878. The molecule has 238 valence electrons. The topological polar surface area (TPSA) is 262 Å². The van der Waals surface area contributed by atoms with Crippen LogP contribution in [-0.4, -0.2) is 102 Å². The van der Waals surface area contributed by atoms with Crippen molar-refractivity contribution in [2.24, 2.45) is 0 Å². The summed E-state index contributed by atoms with van der Waals surface area (Å²) in [6, 6.07) is 0. The fraction of sp³-hybridized carbons (Fsp3) is 0.455. The predicted octanol–water partition coefficient (Wildman–Crippen LogP) is -0.224. The van der Waals surface area contributed by atoms with Gasteiger partial charge in [-0.1, -0.05) is 0 Å². The zero-order chi connectivity index (χ0) is 31.1. The third-order valence-corrected chi connectivity index (χ3v) is 9.72. The van der Waals surface area contributed by atoms with Gasteiger partial charge in [-0.15, -0.1) is 0 Å². The maximum atomic E-state index is 13.1. The highest BCUT2D eigenvalue weighted by Gasteiger charge is 2.52. The molecular weight excluding hydrogens is 644 g/mol. The largest absolute Gasteiger partial charge is 0.472 e. The molecule has 3 saturated heterocycles. The van der Waals surface area contributed by atoms with Crippen molar-refractivity contribution in [1.29, 1.82) is 0 Å². The van der Waals surface area contributed by atoms with Crippen LogP contribution in [0.15, 0.2) is 42.5 Å².